The van der Waals surface area contributed by atoms with E-state index in [0.717, 1.165) is 49.7 Å². The van der Waals surface area contributed by atoms with E-state index in [1.807, 2.05) is 6.07 Å². The van der Waals surface area contributed by atoms with Crippen molar-refractivity contribution in [2.24, 2.45) is 0 Å². The molecule has 30 heavy (non-hydrogen) atoms. The first kappa shape index (κ1) is 20.2. The smallest absolute Gasteiger partial charge is 0.322 e. The summed E-state index contributed by atoms with van der Waals surface area (Å²) in [5.41, 5.74) is -0.386. The second-order valence-corrected chi connectivity index (χ2v) is 7.41. The minimum Gasteiger partial charge on any atom is -0.356 e. The Kier molecular flexibility index (Phi) is 5.91. The van der Waals surface area contributed by atoms with Gasteiger partial charge in [0.1, 0.15) is 18.0 Å². The molecule has 2 aliphatic rings. The van der Waals surface area contributed by atoms with Crippen LogP contribution in [0.25, 0.3) is 0 Å². The second-order valence-electron chi connectivity index (χ2n) is 7.41. The molecule has 160 valence electrons. The molecule has 0 spiro atoms. The molecule has 2 aliphatic heterocycles. The summed E-state index contributed by atoms with van der Waals surface area (Å²) in [7, 11) is 0. The summed E-state index contributed by atoms with van der Waals surface area (Å²) in [4.78, 5) is 27.0. The summed E-state index contributed by atoms with van der Waals surface area (Å²) in [5, 5.41) is 2.31. The fraction of sp³-hybridized carbons (Fsp3) is 0.450. The van der Waals surface area contributed by atoms with Gasteiger partial charge >= 0.3 is 6.03 Å². The Labute approximate surface area is 172 Å². The summed E-state index contributed by atoms with van der Waals surface area (Å²) >= 11 is 0. The standard InChI is InChI=1S/C20H23F3N6O/c21-14-4-5-15(19(23)18(14)22)26-20(30)29-10-8-28(9-11-29)17-12-16(24-13-25-17)27-6-2-1-3-7-27/h4-5,12-13H,1-3,6-11H2,(H,26,30). The lowest BCUT2D eigenvalue weighted by atomic mass is 10.1. The fourth-order valence-corrected chi connectivity index (χ4v) is 3.76. The van der Waals surface area contributed by atoms with Gasteiger partial charge in [0.25, 0.3) is 0 Å². The van der Waals surface area contributed by atoms with Crippen LogP contribution < -0.4 is 15.1 Å². The fourth-order valence-electron chi connectivity index (χ4n) is 3.76. The molecule has 2 fully saturated rings. The van der Waals surface area contributed by atoms with Gasteiger partial charge in [-0.3, -0.25) is 0 Å². The van der Waals surface area contributed by atoms with Crippen molar-refractivity contribution in [3.05, 3.63) is 42.0 Å². The van der Waals surface area contributed by atoms with Crippen molar-refractivity contribution in [3.63, 3.8) is 0 Å². The van der Waals surface area contributed by atoms with Crippen LogP contribution in [0.15, 0.2) is 24.5 Å². The SMILES string of the molecule is O=C(Nc1ccc(F)c(F)c1F)N1CCN(c2cc(N3CCCCC3)ncn2)CC1. The Morgan fingerprint density at radius 2 is 1.47 bits per heavy atom. The van der Waals surface area contributed by atoms with E-state index in [9.17, 15) is 18.0 Å². The second kappa shape index (κ2) is 8.76. The normalized spacial score (nSPS) is 17.2. The quantitative estimate of drug-likeness (QED) is 0.773. The van der Waals surface area contributed by atoms with Crippen molar-refractivity contribution in [2.45, 2.75) is 19.3 Å². The molecular formula is C20H23F3N6O. The number of nitrogens with one attached hydrogen (secondary N) is 1. The molecule has 0 atom stereocenters. The van der Waals surface area contributed by atoms with Gasteiger partial charge in [0.2, 0.25) is 0 Å². The van der Waals surface area contributed by atoms with Crippen LogP contribution >= 0.6 is 0 Å². The van der Waals surface area contributed by atoms with Crippen molar-refractivity contribution in [1.82, 2.24) is 14.9 Å². The number of piperazine rings is 1. The molecular weight excluding hydrogens is 397 g/mol. The summed E-state index contributed by atoms with van der Waals surface area (Å²) in [6, 6.07) is 3.19. The topological polar surface area (TPSA) is 64.6 Å². The van der Waals surface area contributed by atoms with Gasteiger partial charge in [-0.2, -0.15) is 0 Å². The molecule has 0 bridgehead atoms. The number of rotatable bonds is 3. The van der Waals surface area contributed by atoms with Crippen LogP contribution in [0.4, 0.5) is 35.3 Å². The summed E-state index contributed by atoms with van der Waals surface area (Å²) in [6.45, 7) is 3.85. The maximum Gasteiger partial charge on any atom is 0.322 e. The van der Waals surface area contributed by atoms with Crippen molar-refractivity contribution in [2.75, 3.05) is 54.4 Å². The maximum absolute atomic E-state index is 13.8. The Hall–Kier alpha value is -3.04. The Bertz CT molecular complexity index is 913. The van der Waals surface area contributed by atoms with E-state index in [0.29, 0.717) is 26.2 Å². The third-order valence-electron chi connectivity index (χ3n) is 5.49. The van der Waals surface area contributed by atoms with Crippen molar-refractivity contribution in [3.8, 4) is 0 Å². The molecule has 2 saturated heterocycles. The minimum absolute atomic E-state index is 0.386. The molecule has 0 unspecified atom stereocenters. The van der Waals surface area contributed by atoms with Crippen LogP contribution in [0, 0.1) is 17.5 Å². The highest BCUT2D eigenvalue weighted by Gasteiger charge is 2.24. The third kappa shape index (κ3) is 4.27. The number of hydrogen-bond acceptors (Lipinski definition) is 5. The average Bonchev–Trinajstić information content (AvgIpc) is 2.80. The van der Waals surface area contributed by atoms with Crippen LogP contribution in [0.5, 0.6) is 0 Å². The van der Waals surface area contributed by atoms with E-state index < -0.39 is 23.5 Å². The monoisotopic (exact) mass is 420 g/mol. The molecule has 1 aromatic heterocycles. The number of carbonyl (C=O) groups is 1. The number of halogens is 3. The van der Waals surface area contributed by atoms with Crippen molar-refractivity contribution < 1.29 is 18.0 Å². The molecule has 0 aliphatic carbocycles. The predicted octanol–water partition coefficient (Wildman–Crippen LogP) is 3.24. The van der Waals surface area contributed by atoms with Crippen LogP contribution in [0.3, 0.4) is 0 Å². The van der Waals surface area contributed by atoms with E-state index in [4.69, 9.17) is 0 Å². The lowest BCUT2D eigenvalue weighted by molar-refractivity contribution is 0.208. The van der Waals surface area contributed by atoms with Crippen LogP contribution in [0.2, 0.25) is 0 Å². The molecule has 2 amide bonds. The number of amides is 2. The molecule has 0 radical (unpaired) electrons. The number of piperidine rings is 1. The van der Waals surface area contributed by atoms with Gasteiger partial charge in [-0.1, -0.05) is 0 Å². The molecule has 1 N–H and O–H groups in total. The summed E-state index contributed by atoms with van der Waals surface area (Å²) in [6.07, 6.45) is 5.12. The molecule has 4 rings (SSSR count). The Morgan fingerprint density at radius 3 is 2.13 bits per heavy atom. The first-order chi connectivity index (χ1) is 14.5. The van der Waals surface area contributed by atoms with Crippen LogP contribution in [0.1, 0.15) is 19.3 Å². The van der Waals surface area contributed by atoms with Gasteiger partial charge < -0.3 is 20.0 Å². The van der Waals surface area contributed by atoms with Gasteiger partial charge in [0.05, 0.1) is 5.69 Å². The van der Waals surface area contributed by atoms with Crippen LogP contribution in [-0.2, 0) is 0 Å². The minimum atomic E-state index is -1.61. The molecule has 2 aromatic rings. The zero-order valence-electron chi connectivity index (χ0n) is 16.5. The first-order valence-electron chi connectivity index (χ1n) is 10.0. The number of anilines is 3. The van der Waals surface area contributed by atoms with Crippen molar-refractivity contribution in [1.29, 1.82) is 0 Å². The number of urea groups is 1. The summed E-state index contributed by atoms with van der Waals surface area (Å²) in [5.74, 6) is -2.60. The van der Waals surface area contributed by atoms with Crippen molar-refractivity contribution >= 4 is 23.4 Å². The number of hydrogen-bond donors (Lipinski definition) is 1. The number of carbonyl (C=O) groups excluding carboxylic acids is 1. The highest BCUT2D eigenvalue weighted by Crippen LogP contribution is 2.23. The zero-order valence-corrected chi connectivity index (χ0v) is 16.5. The molecule has 1 aromatic carbocycles. The third-order valence-corrected chi connectivity index (χ3v) is 5.49. The largest absolute Gasteiger partial charge is 0.356 e. The van der Waals surface area contributed by atoms with Gasteiger partial charge in [0.15, 0.2) is 17.5 Å². The van der Waals surface area contributed by atoms with E-state index >= 15 is 0 Å². The summed E-state index contributed by atoms with van der Waals surface area (Å²) < 4.78 is 40.2. The lowest BCUT2D eigenvalue weighted by Gasteiger charge is -2.36. The van der Waals surface area contributed by atoms with Crippen LogP contribution in [-0.4, -0.2) is 60.2 Å². The molecule has 10 heteroatoms. The highest BCUT2D eigenvalue weighted by molar-refractivity contribution is 5.89. The zero-order chi connectivity index (χ0) is 21.1. The highest BCUT2D eigenvalue weighted by atomic mass is 19.2. The average molecular weight is 420 g/mol. The van der Waals surface area contributed by atoms with E-state index in [1.54, 1.807) is 6.33 Å². The molecule has 0 saturated carbocycles. The Balaban J connectivity index is 1.36. The molecule has 3 heterocycles. The first-order valence-corrected chi connectivity index (χ1v) is 10.0. The van der Waals surface area contributed by atoms with Gasteiger partial charge in [-0.15, -0.1) is 0 Å². The van der Waals surface area contributed by atoms with Gasteiger partial charge in [-0.05, 0) is 31.4 Å². The lowest BCUT2D eigenvalue weighted by Crippen LogP contribution is -2.50. The number of benzene rings is 1. The maximum atomic E-state index is 13.8. The Morgan fingerprint density at radius 1 is 0.833 bits per heavy atom. The van der Waals surface area contributed by atoms with Gasteiger partial charge in [-0.25, -0.2) is 27.9 Å². The predicted molar refractivity (Wildman–Crippen MR) is 107 cm³/mol. The van der Waals surface area contributed by atoms with E-state index in [1.165, 1.54) is 11.3 Å². The molecule has 7 nitrogen and oxygen atoms in total. The van der Waals surface area contributed by atoms with E-state index in [2.05, 4.69) is 25.1 Å². The number of nitrogens with zero attached hydrogens (tertiary/aromatic N) is 5. The van der Waals surface area contributed by atoms with E-state index in [-0.39, 0.29) is 5.69 Å². The van der Waals surface area contributed by atoms with Gasteiger partial charge in [0, 0.05) is 45.3 Å². The number of aromatic nitrogens is 2.